The summed E-state index contributed by atoms with van der Waals surface area (Å²) in [5, 5.41) is 2.34. The third kappa shape index (κ3) is 5.23. The number of alkyl halides is 3. The van der Waals surface area contributed by atoms with Crippen LogP contribution in [-0.2, 0) is 11.0 Å². The van der Waals surface area contributed by atoms with Crippen molar-refractivity contribution in [2.75, 3.05) is 18.5 Å². The fraction of sp³-hybridized carbons (Fsp3) is 0.222. The van der Waals surface area contributed by atoms with Gasteiger partial charge in [-0.05, 0) is 43.3 Å². The monoisotopic (exact) mass is 367 g/mol. The number of amides is 1. The number of aldehydes is 1. The van der Waals surface area contributed by atoms with Gasteiger partial charge in [-0.15, -0.1) is 0 Å². The summed E-state index contributed by atoms with van der Waals surface area (Å²) >= 11 is 0. The molecule has 1 amide bonds. The summed E-state index contributed by atoms with van der Waals surface area (Å²) in [5.74, 6) is -0.0909. The number of hydrogen-bond acceptors (Lipinski definition) is 4. The standard InChI is InChI=1S/C18H16F3NO4/c1-2-25-16-8-12(10-23)6-7-15(16)26-11-17(24)22-14-5-3-4-13(9-14)18(19,20)21/h3-10H,2,11H2,1H3,(H,22,24). The molecule has 5 nitrogen and oxygen atoms in total. The van der Waals surface area contributed by atoms with Crippen LogP contribution in [0.4, 0.5) is 18.9 Å². The van der Waals surface area contributed by atoms with Crippen molar-refractivity contribution in [3.05, 3.63) is 53.6 Å². The molecule has 138 valence electrons. The molecule has 0 fully saturated rings. The van der Waals surface area contributed by atoms with Gasteiger partial charge in [0.05, 0.1) is 12.2 Å². The van der Waals surface area contributed by atoms with Crippen LogP contribution in [0.25, 0.3) is 0 Å². The highest BCUT2D eigenvalue weighted by Gasteiger charge is 2.30. The van der Waals surface area contributed by atoms with Gasteiger partial charge in [0.1, 0.15) is 6.29 Å². The van der Waals surface area contributed by atoms with E-state index in [1.807, 2.05) is 0 Å². The van der Waals surface area contributed by atoms with Crippen LogP contribution in [0.3, 0.4) is 0 Å². The molecule has 0 saturated heterocycles. The molecule has 0 radical (unpaired) electrons. The van der Waals surface area contributed by atoms with Crippen LogP contribution in [0, 0.1) is 0 Å². The van der Waals surface area contributed by atoms with E-state index in [4.69, 9.17) is 9.47 Å². The first-order chi connectivity index (χ1) is 12.3. The lowest BCUT2D eigenvalue weighted by Crippen LogP contribution is -2.20. The highest BCUT2D eigenvalue weighted by atomic mass is 19.4. The number of carbonyl (C=O) groups is 2. The van der Waals surface area contributed by atoms with Crippen molar-refractivity contribution in [3.63, 3.8) is 0 Å². The van der Waals surface area contributed by atoms with E-state index in [0.29, 0.717) is 24.2 Å². The van der Waals surface area contributed by atoms with E-state index in [9.17, 15) is 22.8 Å². The summed E-state index contributed by atoms with van der Waals surface area (Å²) in [6, 6.07) is 8.73. The quantitative estimate of drug-likeness (QED) is 0.753. The zero-order chi connectivity index (χ0) is 19.2. The summed E-state index contributed by atoms with van der Waals surface area (Å²) in [6.07, 6.45) is -3.85. The highest BCUT2D eigenvalue weighted by Crippen LogP contribution is 2.31. The molecule has 2 rings (SSSR count). The molecule has 0 aliphatic carbocycles. The maximum atomic E-state index is 12.7. The molecule has 2 aromatic rings. The first kappa shape index (κ1) is 19.3. The minimum Gasteiger partial charge on any atom is -0.490 e. The Morgan fingerprint density at radius 1 is 1.12 bits per heavy atom. The maximum absolute atomic E-state index is 12.7. The average Bonchev–Trinajstić information content (AvgIpc) is 2.60. The maximum Gasteiger partial charge on any atom is 0.416 e. The second-order valence-corrected chi connectivity index (χ2v) is 5.17. The Kier molecular flexibility index (Phi) is 6.21. The van der Waals surface area contributed by atoms with Gasteiger partial charge in [0.15, 0.2) is 18.1 Å². The SMILES string of the molecule is CCOc1cc(C=O)ccc1OCC(=O)Nc1cccc(C(F)(F)F)c1. The molecule has 0 heterocycles. The third-order valence-electron chi connectivity index (χ3n) is 3.24. The summed E-state index contributed by atoms with van der Waals surface area (Å²) < 4.78 is 48.7. The fourth-order valence-electron chi connectivity index (χ4n) is 2.10. The topological polar surface area (TPSA) is 64.6 Å². The van der Waals surface area contributed by atoms with Gasteiger partial charge in [-0.2, -0.15) is 13.2 Å². The van der Waals surface area contributed by atoms with Crippen molar-refractivity contribution < 1.29 is 32.2 Å². The van der Waals surface area contributed by atoms with Gasteiger partial charge < -0.3 is 14.8 Å². The Hall–Kier alpha value is -3.03. The molecule has 0 atom stereocenters. The van der Waals surface area contributed by atoms with E-state index in [-0.39, 0.29) is 11.4 Å². The Bertz CT molecular complexity index is 790. The van der Waals surface area contributed by atoms with Gasteiger partial charge in [0, 0.05) is 11.3 Å². The molecule has 0 aliphatic heterocycles. The van der Waals surface area contributed by atoms with E-state index in [0.717, 1.165) is 12.1 Å². The van der Waals surface area contributed by atoms with Crippen LogP contribution >= 0.6 is 0 Å². The lowest BCUT2D eigenvalue weighted by Gasteiger charge is -2.13. The highest BCUT2D eigenvalue weighted by molar-refractivity contribution is 5.92. The van der Waals surface area contributed by atoms with Crippen LogP contribution in [-0.4, -0.2) is 25.4 Å². The lowest BCUT2D eigenvalue weighted by atomic mass is 10.2. The summed E-state index contributed by atoms with van der Waals surface area (Å²) in [6.45, 7) is 1.64. The summed E-state index contributed by atoms with van der Waals surface area (Å²) in [7, 11) is 0. The molecular formula is C18H16F3NO4. The molecular weight excluding hydrogens is 351 g/mol. The molecule has 1 N–H and O–H groups in total. The van der Waals surface area contributed by atoms with Crippen molar-refractivity contribution in [2.45, 2.75) is 13.1 Å². The van der Waals surface area contributed by atoms with Crippen molar-refractivity contribution in [3.8, 4) is 11.5 Å². The normalized spacial score (nSPS) is 10.9. The molecule has 0 aromatic heterocycles. The third-order valence-corrected chi connectivity index (χ3v) is 3.24. The van der Waals surface area contributed by atoms with Gasteiger partial charge in [0.2, 0.25) is 0 Å². The van der Waals surface area contributed by atoms with E-state index in [2.05, 4.69) is 5.32 Å². The van der Waals surface area contributed by atoms with E-state index >= 15 is 0 Å². The van der Waals surface area contributed by atoms with Gasteiger partial charge in [-0.25, -0.2) is 0 Å². The number of halogens is 3. The van der Waals surface area contributed by atoms with Crippen molar-refractivity contribution in [2.24, 2.45) is 0 Å². The number of carbonyl (C=O) groups excluding carboxylic acids is 2. The Balaban J connectivity index is 2.02. The predicted molar refractivity (Wildman–Crippen MR) is 88.6 cm³/mol. The zero-order valence-corrected chi connectivity index (χ0v) is 13.8. The van der Waals surface area contributed by atoms with Crippen LogP contribution in [0.5, 0.6) is 11.5 Å². The number of anilines is 1. The lowest BCUT2D eigenvalue weighted by molar-refractivity contribution is -0.137. The molecule has 0 unspecified atom stereocenters. The number of ether oxygens (including phenoxy) is 2. The number of hydrogen-bond donors (Lipinski definition) is 1. The average molecular weight is 367 g/mol. The predicted octanol–water partition coefficient (Wildman–Crippen LogP) is 3.93. The summed E-state index contributed by atoms with van der Waals surface area (Å²) in [5.41, 5.74) is -0.469. The van der Waals surface area contributed by atoms with E-state index in [1.165, 1.54) is 30.3 Å². The first-order valence-electron chi connectivity index (χ1n) is 7.65. The van der Waals surface area contributed by atoms with Crippen LogP contribution in [0.15, 0.2) is 42.5 Å². The van der Waals surface area contributed by atoms with E-state index in [1.54, 1.807) is 6.92 Å². The zero-order valence-electron chi connectivity index (χ0n) is 13.8. The molecule has 8 heteroatoms. The number of benzene rings is 2. The van der Waals surface area contributed by atoms with Crippen molar-refractivity contribution >= 4 is 17.9 Å². The summed E-state index contributed by atoms with van der Waals surface area (Å²) in [4.78, 5) is 22.7. The molecule has 0 spiro atoms. The van der Waals surface area contributed by atoms with Crippen LogP contribution < -0.4 is 14.8 Å². The van der Waals surface area contributed by atoms with E-state index < -0.39 is 24.3 Å². The fourth-order valence-corrected chi connectivity index (χ4v) is 2.10. The second kappa shape index (κ2) is 8.37. The molecule has 26 heavy (non-hydrogen) atoms. The van der Waals surface area contributed by atoms with Gasteiger partial charge in [0.25, 0.3) is 5.91 Å². The molecule has 0 bridgehead atoms. The molecule has 2 aromatic carbocycles. The van der Waals surface area contributed by atoms with Gasteiger partial charge >= 0.3 is 6.18 Å². The minimum absolute atomic E-state index is 0.00904. The Morgan fingerprint density at radius 3 is 2.54 bits per heavy atom. The Labute approximate surface area is 147 Å². The van der Waals surface area contributed by atoms with Gasteiger partial charge in [-0.1, -0.05) is 6.07 Å². The smallest absolute Gasteiger partial charge is 0.416 e. The van der Waals surface area contributed by atoms with Crippen molar-refractivity contribution in [1.82, 2.24) is 0 Å². The molecule has 0 saturated carbocycles. The number of nitrogens with one attached hydrogen (secondary N) is 1. The van der Waals surface area contributed by atoms with Gasteiger partial charge in [-0.3, -0.25) is 9.59 Å². The first-order valence-corrected chi connectivity index (χ1v) is 7.65. The van der Waals surface area contributed by atoms with Crippen LogP contribution in [0.1, 0.15) is 22.8 Å². The minimum atomic E-state index is -4.50. The Morgan fingerprint density at radius 2 is 1.88 bits per heavy atom. The molecule has 0 aliphatic rings. The largest absolute Gasteiger partial charge is 0.490 e. The number of rotatable bonds is 7. The van der Waals surface area contributed by atoms with Crippen LogP contribution in [0.2, 0.25) is 0 Å². The van der Waals surface area contributed by atoms with Crippen molar-refractivity contribution in [1.29, 1.82) is 0 Å². The second-order valence-electron chi connectivity index (χ2n) is 5.17.